The zero-order chi connectivity index (χ0) is 13.1. The number of hydrogen-bond donors (Lipinski definition) is 1. The Labute approximate surface area is 108 Å². The zero-order valence-corrected chi connectivity index (χ0v) is 12.6. The quantitative estimate of drug-likeness (QED) is 0.704. The Hall–Kier alpha value is -0.0400. The topological polar surface area (TPSA) is 20.2 Å². The zero-order valence-electron chi connectivity index (χ0n) is 12.6. The first-order valence-electron chi connectivity index (χ1n) is 7.52. The van der Waals surface area contributed by atoms with E-state index < -0.39 is 0 Å². The van der Waals surface area contributed by atoms with Gasteiger partial charge in [-0.25, -0.2) is 0 Å². The monoisotopic (exact) mass is 240 g/mol. The highest BCUT2D eigenvalue weighted by Gasteiger charge is 2.37. The molecule has 0 aromatic heterocycles. The Morgan fingerprint density at radius 2 is 1.88 bits per heavy atom. The van der Waals surface area contributed by atoms with Crippen LogP contribution < -0.4 is 0 Å². The van der Waals surface area contributed by atoms with Crippen LogP contribution in [0, 0.1) is 17.3 Å². The van der Waals surface area contributed by atoms with E-state index in [0.29, 0.717) is 11.3 Å². The molecule has 3 unspecified atom stereocenters. The van der Waals surface area contributed by atoms with Crippen LogP contribution in [0.3, 0.4) is 0 Å². The summed E-state index contributed by atoms with van der Waals surface area (Å²) in [5, 5.41) is 10.8. The third-order valence-corrected chi connectivity index (χ3v) is 4.95. The van der Waals surface area contributed by atoms with E-state index in [0.717, 1.165) is 25.2 Å². The van der Waals surface area contributed by atoms with E-state index in [4.69, 9.17) is 0 Å². The first-order valence-corrected chi connectivity index (χ1v) is 7.52. The van der Waals surface area contributed by atoms with Crippen LogP contribution in [0.2, 0.25) is 0 Å². The molecule has 0 spiro atoms. The van der Waals surface area contributed by atoms with Crippen LogP contribution in [-0.2, 0) is 0 Å². The lowest BCUT2D eigenvalue weighted by Crippen LogP contribution is -2.36. The van der Waals surface area contributed by atoms with Gasteiger partial charge in [0, 0.05) is 0 Å². The molecule has 0 heterocycles. The predicted octanol–water partition coefficient (Wildman–Crippen LogP) is 4.78. The summed E-state index contributed by atoms with van der Waals surface area (Å²) in [6, 6.07) is 0. The van der Waals surface area contributed by atoms with Crippen molar-refractivity contribution >= 4 is 0 Å². The van der Waals surface area contributed by atoms with E-state index in [1.165, 1.54) is 25.7 Å². The van der Waals surface area contributed by atoms with Gasteiger partial charge in [0.25, 0.3) is 0 Å². The molecule has 1 nitrogen and oxygen atoms in total. The van der Waals surface area contributed by atoms with Gasteiger partial charge >= 0.3 is 0 Å². The maximum absolute atomic E-state index is 10.8. The Kier molecular flexibility index (Phi) is 5.07. The number of rotatable bonds is 3. The molecule has 1 fully saturated rings. The first kappa shape index (κ1) is 15.0. The predicted molar refractivity (Wildman–Crippen MR) is 75.1 cm³/mol. The fourth-order valence-corrected chi connectivity index (χ4v) is 3.41. The molecule has 0 saturated heterocycles. The highest BCUT2D eigenvalue weighted by Crippen LogP contribution is 2.42. The average molecular weight is 240 g/mol. The van der Waals surface area contributed by atoms with Crippen LogP contribution in [0.15, 0.2) is 0 Å². The van der Waals surface area contributed by atoms with Crippen LogP contribution in [0.4, 0.5) is 0 Å². The molecule has 1 aliphatic rings. The summed E-state index contributed by atoms with van der Waals surface area (Å²) in [5.74, 6) is 1.25. The lowest BCUT2D eigenvalue weighted by molar-refractivity contribution is -0.0304. The molecule has 1 heteroatoms. The maximum atomic E-state index is 10.8. The van der Waals surface area contributed by atoms with Crippen LogP contribution in [0.1, 0.15) is 79.6 Å². The minimum absolute atomic E-state index is 0.379. The molecule has 0 amide bonds. The van der Waals surface area contributed by atoms with Crippen molar-refractivity contribution in [3.05, 3.63) is 0 Å². The van der Waals surface area contributed by atoms with Crippen LogP contribution in [0.25, 0.3) is 0 Å². The lowest BCUT2D eigenvalue weighted by atomic mass is 9.75. The largest absolute Gasteiger partial charge is 0.390 e. The van der Waals surface area contributed by atoms with Crippen molar-refractivity contribution in [1.82, 2.24) is 0 Å². The van der Waals surface area contributed by atoms with Gasteiger partial charge in [-0.2, -0.15) is 0 Å². The molecular formula is C16H32O. The molecule has 0 aliphatic heterocycles. The molecule has 1 N–H and O–H groups in total. The second kappa shape index (κ2) is 5.73. The maximum Gasteiger partial charge on any atom is 0.0673 e. The SMILES string of the molecule is CCCC(C)C1(O)CCCC(C(C)(C)C)CC1. The van der Waals surface area contributed by atoms with Gasteiger partial charge in [0.2, 0.25) is 0 Å². The second-order valence-corrected chi connectivity index (χ2v) is 7.29. The summed E-state index contributed by atoms with van der Waals surface area (Å²) in [5.41, 5.74) is 0.0231. The van der Waals surface area contributed by atoms with E-state index in [1.54, 1.807) is 0 Å². The smallest absolute Gasteiger partial charge is 0.0673 e. The third kappa shape index (κ3) is 3.98. The van der Waals surface area contributed by atoms with E-state index in [2.05, 4.69) is 34.6 Å². The Balaban J connectivity index is 2.63. The van der Waals surface area contributed by atoms with Gasteiger partial charge in [-0.3, -0.25) is 0 Å². The fraction of sp³-hybridized carbons (Fsp3) is 1.00. The Morgan fingerprint density at radius 3 is 2.41 bits per heavy atom. The van der Waals surface area contributed by atoms with Gasteiger partial charge in [-0.15, -0.1) is 0 Å². The normalized spacial score (nSPS) is 33.2. The number of aliphatic hydroxyl groups is 1. The molecule has 102 valence electrons. The Morgan fingerprint density at radius 1 is 1.24 bits per heavy atom. The van der Waals surface area contributed by atoms with Crippen molar-refractivity contribution < 1.29 is 5.11 Å². The minimum Gasteiger partial charge on any atom is -0.390 e. The summed E-state index contributed by atoms with van der Waals surface area (Å²) < 4.78 is 0. The van der Waals surface area contributed by atoms with Gasteiger partial charge in [-0.1, -0.05) is 47.5 Å². The van der Waals surface area contributed by atoms with Gasteiger partial charge < -0.3 is 5.11 Å². The van der Waals surface area contributed by atoms with Crippen molar-refractivity contribution in [3.63, 3.8) is 0 Å². The van der Waals surface area contributed by atoms with Crippen LogP contribution >= 0.6 is 0 Å². The van der Waals surface area contributed by atoms with Gasteiger partial charge in [0.15, 0.2) is 0 Å². The highest BCUT2D eigenvalue weighted by molar-refractivity contribution is 4.89. The molecule has 3 atom stereocenters. The molecule has 1 saturated carbocycles. The highest BCUT2D eigenvalue weighted by atomic mass is 16.3. The van der Waals surface area contributed by atoms with Gasteiger partial charge in [0.05, 0.1) is 5.60 Å². The van der Waals surface area contributed by atoms with E-state index in [-0.39, 0.29) is 5.60 Å². The lowest BCUT2D eigenvalue weighted by Gasteiger charge is -2.34. The minimum atomic E-state index is -0.379. The molecular weight excluding hydrogens is 208 g/mol. The molecule has 0 bridgehead atoms. The molecule has 1 aliphatic carbocycles. The van der Waals surface area contributed by atoms with E-state index in [1.807, 2.05) is 0 Å². The number of hydrogen-bond acceptors (Lipinski definition) is 1. The molecule has 0 aromatic carbocycles. The van der Waals surface area contributed by atoms with E-state index >= 15 is 0 Å². The van der Waals surface area contributed by atoms with Crippen LogP contribution in [0.5, 0.6) is 0 Å². The fourth-order valence-electron chi connectivity index (χ4n) is 3.41. The first-order chi connectivity index (χ1) is 7.79. The van der Waals surface area contributed by atoms with E-state index in [9.17, 15) is 5.11 Å². The summed E-state index contributed by atoms with van der Waals surface area (Å²) in [7, 11) is 0. The molecule has 17 heavy (non-hydrogen) atoms. The summed E-state index contributed by atoms with van der Waals surface area (Å²) in [4.78, 5) is 0. The van der Waals surface area contributed by atoms with Crippen molar-refractivity contribution in [1.29, 1.82) is 0 Å². The summed E-state index contributed by atoms with van der Waals surface area (Å²) in [6.07, 6.45) is 8.07. The second-order valence-electron chi connectivity index (χ2n) is 7.29. The summed E-state index contributed by atoms with van der Waals surface area (Å²) >= 11 is 0. The molecule has 0 radical (unpaired) electrons. The van der Waals surface area contributed by atoms with Crippen molar-refractivity contribution in [2.75, 3.05) is 0 Å². The van der Waals surface area contributed by atoms with Crippen molar-refractivity contribution in [3.8, 4) is 0 Å². The summed E-state index contributed by atoms with van der Waals surface area (Å²) in [6.45, 7) is 11.5. The van der Waals surface area contributed by atoms with Crippen molar-refractivity contribution in [2.45, 2.75) is 85.2 Å². The standard InChI is InChI=1S/C16H32O/c1-6-8-13(2)16(17)11-7-9-14(10-12-16)15(3,4)5/h13-14,17H,6-12H2,1-5H3. The van der Waals surface area contributed by atoms with Crippen molar-refractivity contribution in [2.24, 2.45) is 17.3 Å². The van der Waals surface area contributed by atoms with Gasteiger partial charge in [-0.05, 0) is 49.4 Å². The average Bonchev–Trinajstić information content (AvgIpc) is 2.41. The molecule has 1 rings (SSSR count). The Bertz CT molecular complexity index is 228. The third-order valence-electron chi connectivity index (χ3n) is 4.95. The van der Waals surface area contributed by atoms with Gasteiger partial charge in [0.1, 0.15) is 0 Å². The molecule has 0 aromatic rings. The van der Waals surface area contributed by atoms with Crippen LogP contribution in [-0.4, -0.2) is 10.7 Å².